The van der Waals surface area contributed by atoms with E-state index in [0.717, 1.165) is 55.0 Å². The lowest BCUT2D eigenvalue weighted by molar-refractivity contribution is -0.145. The number of hydrogen-bond donors (Lipinski definition) is 1. The topological polar surface area (TPSA) is 431 Å². The lowest BCUT2D eigenvalue weighted by atomic mass is 10.0. The average Bonchev–Trinajstić information content (AvgIpc) is 0.834. The fourth-order valence-electron chi connectivity index (χ4n) is 11.5. The SMILES string of the molecule is C=C.C=CC(=O)OCCOCCOCCOc1ccc(C(=O)Oc2ccc(C(=O)Oc3ccc(-c4ccc(C(=O)OCCOCCOCCOC(=O)CCCCOCCOCCOCCOCC/C=C\CC/C=C\CO)cc4)cc3)cc2)cc1.C=CC(=O)OCCOCCOc1ccc(C(=O)Oc2ccc(OC(=O)c3ccc(OCCOCCOC(=O)C=C)cc3)c(C)c2)cc1.C=CCOCCOCCOCCO/C=C/C=C/C=O. The number of carbonyl (C=O) groups excluding carboxylic acids is 10. The van der Waals surface area contributed by atoms with Crippen LogP contribution < -0.4 is 33.2 Å². The summed E-state index contributed by atoms with van der Waals surface area (Å²) in [5.41, 5.74) is 3.82. The largest absolute Gasteiger partial charge is 0.499 e. The Morgan fingerprint density at radius 1 is 0.287 bits per heavy atom. The number of benzene rings is 7. The van der Waals surface area contributed by atoms with Crippen molar-refractivity contribution < 1.29 is 176 Å². The fourth-order valence-corrected chi connectivity index (χ4v) is 11.5. The third kappa shape index (κ3) is 64.8. The van der Waals surface area contributed by atoms with Crippen molar-refractivity contribution in [2.45, 2.75) is 45.4 Å². The van der Waals surface area contributed by atoms with Crippen molar-refractivity contribution >= 4 is 60.0 Å². The summed E-state index contributed by atoms with van der Waals surface area (Å²) in [6.07, 6.45) is 24.1. The van der Waals surface area contributed by atoms with E-state index >= 15 is 0 Å². The predicted molar refractivity (Wildman–Crippen MR) is 555 cm³/mol. The van der Waals surface area contributed by atoms with Gasteiger partial charge >= 0.3 is 53.7 Å². The molecule has 0 bridgehead atoms. The second-order valence-electron chi connectivity index (χ2n) is 30.1. The van der Waals surface area contributed by atoms with E-state index in [1.165, 1.54) is 42.7 Å². The highest BCUT2D eigenvalue weighted by atomic mass is 16.6. The highest BCUT2D eigenvalue weighted by Crippen LogP contribution is 2.28. The van der Waals surface area contributed by atoms with Crippen LogP contribution in [-0.2, 0) is 114 Å². The maximum Gasteiger partial charge on any atom is 0.343 e. The number of allylic oxidation sites excluding steroid dienone is 5. The first-order valence-electron chi connectivity index (χ1n) is 48.6. The Bertz CT molecular complexity index is 5040. The van der Waals surface area contributed by atoms with Gasteiger partial charge in [-0.2, -0.15) is 0 Å². The molecule has 0 aromatic heterocycles. The Hall–Kier alpha value is -14.3. The van der Waals surface area contributed by atoms with Crippen molar-refractivity contribution in [2.24, 2.45) is 0 Å². The van der Waals surface area contributed by atoms with Gasteiger partial charge in [-0.15, -0.1) is 19.7 Å². The van der Waals surface area contributed by atoms with Gasteiger partial charge in [0.05, 0.1) is 206 Å². The standard InChI is InChI=1S/C62H78O20.C35H36O12.C14H22O5.C2H4/c1-2-58(64)78-47-43-74-39-38-73-42-46-77-55-23-19-53(20-24-55)61(67)82-57-27-21-54(22-28-57)62(68)81-56-25-17-51(18-26-56)50-13-15-52(16-14-50)60(66)80-49-45-76-41-40-75-44-48-79-59(65)12-8-11-31-70-33-35-72-37-36-71-34-32-69-30-10-7-5-3-4-6-9-29-63;1-4-32(36)44-22-18-40-16-20-42-28-10-6-26(7-11-28)34(38)46-30-14-15-31(25(3)24-30)47-35(39)27-8-12-29(13-9-27)43-21-17-41-19-23-45-33(37)5-2;1-2-7-16-9-11-18-13-14-19-12-10-17-8-5-3-4-6-15;1-2/h2,5-7,9,13-28,63H,1,3-4,8,10-12,29-49H2;4-15,24H,1-2,16-23H2,3H3;2-6,8H,1,7,9-14H2;1-2H2/b7-5-,9-6-;;4-3+,8-5+;. The van der Waals surface area contributed by atoms with E-state index in [4.69, 9.17) is 128 Å². The van der Waals surface area contributed by atoms with Crippen LogP contribution in [0, 0.1) is 6.92 Å². The zero-order valence-corrected chi connectivity index (χ0v) is 85.2. The van der Waals surface area contributed by atoms with Crippen molar-refractivity contribution in [3.05, 3.63) is 310 Å². The molecule has 0 spiro atoms. The number of carbonyl (C=O) groups is 10. The number of aldehydes is 1. The normalized spacial score (nSPS) is 10.8. The van der Waals surface area contributed by atoms with Gasteiger partial charge in [0, 0.05) is 31.3 Å². The Labute approximate surface area is 876 Å². The molecule has 0 amide bonds. The summed E-state index contributed by atoms with van der Waals surface area (Å²) >= 11 is 0. The molecule has 814 valence electrons. The van der Waals surface area contributed by atoms with Gasteiger partial charge in [0.15, 0.2) is 0 Å². The van der Waals surface area contributed by atoms with Gasteiger partial charge in [-0.05, 0) is 207 Å². The molecule has 0 radical (unpaired) electrons. The fraction of sp³-hybridized carbons (Fsp3) is 0.381. The zero-order valence-electron chi connectivity index (χ0n) is 85.2. The molecule has 0 saturated carbocycles. The van der Waals surface area contributed by atoms with Crippen molar-refractivity contribution in [3.63, 3.8) is 0 Å². The van der Waals surface area contributed by atoms with E-state index in [1.807, 2.05) is 6.08 Å². The number of hydrogen-bond acceptors (Lipinski definition) is 37. The number of unbranched alkanes of at least 4 members (excludes halogenated alkanes) is 2. The molecule has 0 aliphatic rings. The van der Waals surface area contributed by atoms with Gasteiger partial charge in [-0.25, -0.2) is 38.4 Å². The summed E-state index contributed by atoms with van der Waals surface area (Å²) in [7, 11) is 0. The number of aliphatic hydroxyl groups is 1. The molecule has 150 heavy (non-hydrogen) atoms. The number of esters is 9. The van der Waals surface area contributed by atoms with Gasteiger partial charge in [0.25, 0.3) is 0 Å². The maximum atomic E-state index is 12.9. The minimum absolute atomic E-state index is 0.0563. The number of ether oxygens (including phenoxy) is 26. The number of rotatable bonds is 81. The molecule has 0 fully saturated rings. The van der Waals surface area contributed by atoms with Crippen LogP contribution in [-0.4, -0.2) is 303 Å². The molecule has 7 aromatic carbocycles. The van der Waals surface area contributed by atoms with Crippen LogP contribution in [0.5, 0.6) is 40.2 Å². The third-order valence-electron chi connectivity index (χ3n) is 19.0. The summed E-state index contributed by atoms with van der Waals surface area (Å²) < 4.78 is 139. The first kappa shape index (κ1) is 128. The van der Waals surface area contributed by atoms with E-state index in [9.17, 15) is 47.9 Å². The predicted octanol–water partition coefficient (Wildman–Crippen LogP) is 15.2. The summed E-state index contributed by atoms with van der Waals surface area (Å²) in [5, 5.41) is 8.69. The molecule has 0 heterocycles. The summed E-state index contributed by atoms with van der Waals surface area (Å²) in [6, 6.07) is 43.8. The molecule has 0 aliphatic heterocycles. The first-order valence-corrected chi connectivity index (χ1v) is 48.6. The van der Waals surface area contributed by atoms with Crippen LogP contribution in [0.3, 0.4) is 0 Å². The monoisotopic (exact) mass is 2090 g/mol. The zero-order chi connectivity index (χ0) is 108. The second-order valence-corrected chi connectivity index (χ2v) is 30.1. The van der Waals surface area contributed by atoms with Crippen LogP contribution in [0.2, 0.25) is 0 Å². The lowest BCUT2D eigenvalue weighted by Crippen LogP contribution is -2.15. The van der Waals surface area contributed by atoms with E-state index in [2.05, 4.69) is 51.6 Å². The highest BCUT2D eigenvalue weighted by Gasteiger charge is 2.18. The molecule has 1 N–H and O–H groups in total. The Morgan fingerprint density at radius 2 is 0.600 bits per heavy atom. The quantitative estimate of drug-likeness (QED) is 0.00426. The Morgan fingerprint density at radius 3 is 1.00 bits per heavy atom. The van der Waals surface area contributed by atoms with Gasteiger partial charge in [-0.1, -0.05) is 80.5 Å². The Balaban J connectivity index is 0.000000572. The van der Waals surface area contributed by atoms with Crippen molar-refractivity contribution in [2.75, 3.05) is 238 Å². The smallest absolute Gasteiger partial charge is 0.343 e. The summed E-state index contributed by atoms with van der Waals surface area (Å²) in [4.78, 5) is 118. The van der Waals surface area contributed by atoms with Gasteiger partial charge in [0.1, 0.15) is 106 Å². The number of aliphatic hydroxyl groups excluding tert-OH is 1. The maximum absolute atomic E-state index is 12.9. The van der Waals surface area contributed by atoms with E-state index in [-0.39, 0.29) is 129 Å². The molecular weight excluding hydrogens is 1950 g/mol. The molecule has 37 heteroatoms. The van der Waals surface area contributed by atoms with Crippen LogP contribution in [0.1, 0.15) is 95.9 Å². The van der Waals surface area contributed by atoms with Crippen molar-refractivity contribution in [1.82, 2.24) is 0 Å². The van der Waals surface area contributed by atoms with Crippen LogP contribution in [0.15, 0.2) is 276 Å². The summed E-state index contributed by atoms with van der Waals surface area (Å²) in [6.45, 7) is 33.8. The van der Waals surface area contributed by atoms with Crippen molar-refractivity contribution in [3.8, 4) is 51.4 Å². The molecule has 7 aromatic rings. The second kappa shape index (κ2) is 87.7. The lowest BCUT2D eigenvalue weighted by Gasteiger charge is -2.11. The molecular formula is C113H140O37. The minimum Gasteiger partial charge on any atom is -0.499 e. The van der Waals surface area contributed by atoms with Gasteiger partial charge in [-0.3, -0.25) is 9.59 Å². The van der Waals surface area contributed by atoms with Gasteiger partial charge < -0.3 is 128 Å². The van der Waals surface area contributed by atoms with E-state index < -0.39 is 47.8 Å². The number of aryl methyl sites for hydroxylation is 1. The minimum atomic E-state index is -0.598. The first-order chi connectivity index (χ1) is 73.4. The molecule has 0 atom stereocenters. The molecule has 37 nitrogen and oxygen atoms in total. The van der Waals surface area contributed by atoms with E-state index in [1.54, 1.807) is 165 Å². The van der Waals surface area contributed by atoms with Gasteiger partial charge in [0.2, 0.25) is 0 Å². The third-order valence-corrected chi connectivity index (χ3v) is 19.0. The van der Waals surface area contributed by atoms with E-state index in [0.29, 0.717) is 208 Å². The molecule has 0 unspecified atom stereocenters. The average molecular weight is 2090 g/mol. The van der Waals surface area contributed by atoms with Crippen LogP contribution >= 0.6 is 0 Å². The van der Waals surface area contributed by atoms with Crippen LogP contribution in [0.25, 0.3) is 11.1 Å². The van der Waals surface area contributed by atoms with Crippen LogP contribution in [0.4, 0.5) is 0 Å². The highest BCUT2D eigenvalue weighted by molar-refractivity contribution is 5.94. The molecule has 0 aliphatic carbocycles. The summed E-state index contributed by atoms with van der Waals surface area (Å²) in [5.74, 6) is -1.84. The molecule has 7 rings (SSSR count). The molecule has 0 saturated heterocycles. The van der Waals surface area contributed by atoms with Crippen molar-refractivity contribution in [1.29, 1.82) is 0 Å². The Kier molecular flexibility index (Phi) is 74.9.